The van der Waals surface area contributed by atoms with Crippen LogP contribution in [0.2, 0.25) is 10.3 Å². The average molecular weight is 283 g/mol. The van der Waals surface area contributed by atoms with E-state index in [1.54, 1.807) is 12.3 Å². The van der Waals surface area contributed by atoms with Gasteiger partial charge in [-0.3, -0.25) is 4.79 Å². The number of halogens is 2. The second-order valence-electron chi connectivity index (χ2n) is 3.55. The Morgan fingerprint density at radius 1 is 1.28 bits per heavy atom. The van der Waals surface area contributed by atoms with Crippen LogP contribution in [0, 0.1) is 6.92 Å². The zero-order chi connectivity index (χ0) is 13.1. The number of rotatable bonds is 2. The fourth-order valence-electron chi connectivity index (χ4n) is 1.24. The Hall–Kier alpha value is -1.72. The van der Waals surface area contributed by atoms with Gasteiger partial charge >= 0.3 is 0 Å². The molecule has 0 aliphatic heterocycles. The SMILES string of the molecule is Cc1ccc(NC(=O)c2cc(Cl)nnc2Cl)nc1. The maximum Gasteiger partial charge on any atom is 0.260 e. The Bertz CT molecular complexity index is 586. The molecule has 2 heterocycles. The van der Waals surface area contributed by atoms with E-state index in [0.29, 0.717) is 5.82 Å². The molecule has 0 spiro atoms. The van der Waals surface area contributed by atoms with Gasteiger partial charge in [0, 0.05) is 6.20 Å². The van der Waals surface area contributed by atoms with Crippen LogP contribution in [0.1, 0.15) is 15.9 Å². The minimum atomic E-state index is -0.437. The maximum atomic E-state index is 11.9. The minimum absolute atomic E-state index is 0.0102. The number of aryl methyl sites for hydroxylation is 1. The van der Waals surface area contributed by atoms with E-state index in [-0.39, 0.29) is 15.9 Å². The molecule has 1 N–H and O–H groups in total. The van der Waals surface area contributed by atoms with E-state index in [2.05, 4.69) is 20.5 Å². The van der Waals surface area contributed by atoms with Gasteiger partial charge in [-0.2, -0.15) is 0 Å². The molecule has 5 nitrogen and oxygen atoms in total. The van der Waals surface area contributed by atoms with Crippen LogP contribution in [0.4, 0.5) is 5.82 Å². The summed E-state index contributed by atoms with van der Waals surface area (Å²) < 4.78 is 0. The van der Waals surface area contributed by atoms with E-state index in [1.165, 1.54) is 6.07 Å². The van der Waals surface area contributed by atoms with E-state index in [4.69, 9.17) is 23.2 Å². The molecule has 0 saturated carbocycles. The van der Waals surface area contributed by atoms with Crippen LogP contribution in [0.5, 0.6) is 0 Å². The molecular weight excluding hydrogens is 275 g/mol. The Morgan fingerprint density at radius 2 is 2.06 bits per heavy atom. The number of amides is 1. The number of nitrogens with zero attached hydrogens (tertiary/aromatic N) is 3. The number of hydrogen-bond donors (Lipinski definition) is 1. The van der Waals surface area contributed by atoms with Crippen molar-refractivity contribution in [3.05, 3.63) is 45.8 Å². The fourth-order valence-corrected chi connectivity index (χ4v) is 1.56. The quantitative estimate of drug-likeness (QED) is 0.920. The van der Waals surface area contributed by atoms with Crippen molar-refractivity contribution in [3.63, 3.8) is 0 Å². The maximum absolute atomic E-state index is 11.9. The third-order valence-corrected chi connectivity index (χ3v) is 2.58. The first-order valence-electron chi connectivity index (χ1n) is 4.99. The van der Waals surface area contributed by atoms with Crippen LogP contribution in [0.25, 0.3) is 0 Å². The second kappa shape index (κ2) is 5.29. The molecule has 2 aromatic rings. The number of hydrogen-bond acceptors (Lipinski definition) is 4. The summed E-state index contributed by atoms with van der Waals surface area (Å²) in [7, 11) is 0. The molecule has 92 valence electrons. The Labute approximate surface area is 113 Å². The highest BCUT2D eigenvalue weighted by atomic mass is 35.5. The van der Waals surface area contributed by atoms with E-state index in [0.717, 1.165) is 5.56 Å². The van der Waals surface area contributed by atoms with Crippen molar-refractivity contribution in [2.24, 2.45) is 0 Å². The predicted octanol–water partition coefficient (Wildman–Crippen LogP) is 2.74. The summed E-state index contributed by atoms with van der Waals surface area (Å²) in [6.07, 6.45) is 1.65. The minimum Gasteiger partial charge on any atom is -0.306 e. The van der Waals surface area contributed by atoms with Gasteiger partial charge in [0.25, 0.3) is 5.91 Å². The van der Waals surface area contributed by atoms with Gasteiger partial charge in [-0.05, 0) is 24.6 Å². The van der Waals surface area contributed by atoms with Crippen LogP contribution < -0.4 is 5.32 Å². The fraction of sp³-hybridized carbons (Fsp3) is 0.0909. The van der Waals surface area contributed by atoms with Crippen LogP contribution in [0.15, 0.2) is 24.4 Å². The Balaban J connectivity index is 2.21. The van der Waals surface area contributed by atoms with Gasteiger partial charge in [-0.15, -0.1) is 10.2 Å². The van der Waals surface area contributed by atoms with Gasteiger partial charge < -0.3 is 5.32 Å². The largest absolute Gasteiger partial charge is 0.306 e. The number of nitrogens with one attached hydrogen (secondary N) is 1. The molecule has 0 aromatic carbocycles. The molecule has 0 aliphatic carbocycles. The highest BCUT2D eigenvalue weighted by Crippen LogP contribution is 2.16. The van der Waals surface area contributed by atoms with Gasteiger partial charge in [0.15, 0.2) is 10.3 Å². The monoisotopic (exact) mass is 282 g/mol. The van der Waals surface area contributed by atoms with Crippen LogP contribution in [-0.2, 0) is 0 Å². The second-order valence-corrected chi connectivity index (χ2v) is 4.29. The molecule has 7 heteroatoms. The van der Waals surface area contributed by atoms with E-state index >= 15 is 0 Å². The summed E-state index contributed by atoms with van der Waals surface area (Å²) in [4.78, 5) is 16.0. The normalized spacial score (nSPS) is 10.2. The molecule has 18 heavy (non-hydrogen) atoms. The molecule has 0 unspecified atom stereocenters. The van der Waals surface area contributed by atoms with Crippen molar-refractivity contribution >= 4 is 34.9 Å². The summed E-state index contributed by atoms with van der Waals surface area (Å²) in [6, 6.07) is 4.87. The lowest BCUT2D eigenvalue weighted by molar-refractivity contribution is 0.102. The molecule has 1 amide bonds. The lowest BCUT2D eigenvalue weighted by Crippen LogP contribution is -2.14. The first kappa shape index (κ1) is 12.7. The molecule has 2 aromatic heterocycles. The van der Waals surface area contributed by atoms with Gasteiger partial charge in [-0.1, -0.05) is 29.3 Å². The van der Waals surface area contributed by atoms with Crippen molar-refractivity contribution in [1.82, 2.24) is 15.2 Å². The standard InChI is InChI=1S/C11H8Cl2N4O/c1-6-2-3-9(14-5-6)15-11(18)7-4-8(12)16-17-10(7)13/h2-5H,1H3,(H,14,15,18). The molecule has 0 radical (unpaired) electrons. The highest BCUT2D eigenvalue weighted by Gasteiger charge is 2.13. The number of carbonyl (C=O) groups excluding carboxylic acids is 1. The smallest absolute Gasteiger partial charge is 0.260 e. The first-order valence-corrected chi connectivity index (χ1v) is 5.74. The Kier molecular flexibility index (Phi) is 3.74. The predicted molar refractivity (Wildman–Crippen MR) is 69.0 cm³/mol. The zero-order valence-electron chi connectivity index (χ0n) is 9.32. The van der Waals surface area contributed by atoms with E-state index in [1.807, 2.05) is 13.0 Å². The first-order chi connectivity index (χ1) is 8.56. The summed E-state index contributed by atoms with van der Waals surface area (Å²) in [6.45, 7) is 1.90. The van der Waals surface area contributed by atoms with Gasteiger partial charge in [-0.25, -0.2) is 4.98 Å². The highest BCUT2D eigenvalue weighted by molar-refractivity contribution is 6.34. The molecule has 0 fully saturated rings. The van der Waals surface area contributed by atoms with Crippen molar-refractivity contribution in [2.45, 2.75) is 6.92 Å². The van der Waals surface area contributed by atoms with Gasteiger partial charge in [0.1, 0.15) is 5.82 Å². The van der Waals surface area contributed by atoms with E-state index < -0.39 is 5.91 Å². The Morgan fingerprint density at radius 3 is 2.72 bits per heavy atom. The molecule has 0 saturated heterocycles. The van der Waals surface area contributed by atoms with E-state index in [9.17, 15) is 4.79 Å². The average Bonchev–Trinajstić information content (AvgIpc) is 2.35. The number of pyridine rings is 1. The van der Waals surface area contributed by atoms with Crippen LogP contribution in [0.3, 0.4) is 0 Å². The summed E-state index contributed by atoms with van der Waals surface area (Å²) >= 11 is 11.4. The molecule has 2 rings (SSSR count). The molecular formula is C11H8Cl2N4O. The van der Waals surface area contributed by atoms with Crippen LogP contribution >= 0.6 is 23.2 Å². The summed E-state index contributed by atoms with van der Waals surface area (Å²) in [5, 5.41) is 9.77. The number of aromatic nitrogens is 3. The third kappa shape index (κ3) is 2.94. The lowest BCUT2D eigenvalue weighted by atomic mass is 10.3. The van der Waals surface area contributed by atoms with Crippen LogP contribution in [-0.4, -0.2) is 21.1 Å². The molecule has 0 bridgehead atoms. The lowest BCUT2D eigenvalue weighted by Gasteiger charge is -2.05. The molecule has 0 atom stereocenters. The van der Waals surface area contributed by atoms with Crippen molar-refractivity contribution in [1.29, 1.82) is 0 Å². The summed E-state index contributed by atoms with van der Waals surface area (Å²) in [5.74, 6) is -0.0113. The molecule has 0 aliphatic rings. The summed E-state index contributed by atoms with van der Waals surface area (Å²) in [5.41, 5.74) is 1.15. The zero-order valence-corrected chi connectivity index (χ0v) is 10.8. The van der Waals surface area contributed by atoms with Gasteiger partial charge in [0.2, 0.25) is 0 Å². The van der Waals surface area contributed by atoms with Crippen molar-refractivity contribution in [2.75, 3.05) is 5.32 Å². The third-order valence-electron chi connectivity index (χ3n) is 2.12. The van der Waals surface area contributed by atoms with Gasteiger partial charge in [0.05, 0.1) is 5.56 Å². The van der Waals surface area contributed by atoms with Crippen molar-refractivity contribution < 1.29 is 4.79 Å². The topological polar surface area (TPSA) is 67.8 Å². The van der Waals surface area contributed by atoms with Crippen molar-refractivity contribution in [3.8, 4) is 0 Å². The number of anilines is 1. The number of carbonyl (C=O) groups is 1.